The molecule has 5 heteroatoms. The molecule has 2 aromatic carbocycles. The van der Waals surface area contributed by atoms with E-state index in [2.05, 4.69) is 16.6 Å². The number of nitrogens with one attached hydrogen (secondary N) is 1. The van der Waals surface area contributed by atoms with Crippen LogP contribution in [0.4, 0.5) is 0 Å². The molecule has 0 aliphatic carbocycles. The first-order valence-corrected chi connectivity index (χ1v) is 8.81. The monoisotopic (exact) mass is 354 g/mol. The summed E-state index contributed by atoms with van der Waals surface area (Å²) in [4.78, 5) is 12.1. The minimum atomic E-state index is -0.149. The smallest absolute Gasteiger partial charge is 0.244 e. The van der Waals surface area contributed by atoms with E-state index in [4.69, 9.17) is 9.47 Å². The van der Waals surface area contributed by atoms with Gasteiger partial charge in [0.05, 0.1) is 25.8 Å². The first kappa shape index (κ1) is 19.5. The number of amides is 1. The first-order valence-electron chi connectivity index (χ1n) is 8.81. The molecule has 0 bridgehead atoms. The predicted molar refractivity (Wildman–Crippen MR) is 104 cm³/mol. The normalized spacial score (nSPS) is 10.8. The standard InChI is InChI=1S/C21H26N2O3/c1-5-25-19-10-8-17(12-20(19)26-6-2)14-22-23-21(24)13-18-9-7-15(3)11-16(18)4/h7-12,14H,5-6,13H2,1-4H3,(H,23,24)/b22-14+. The van der Waals surface area contributed by atoms with E-state index in [0.29, 0.717) is 31.1 Å². The lowest BCUT2D eigenvalue weighted by atomic mass is 10.0. The van der Waals surface area contributed by atoms with E-state index in [1.807, 2.05) is 58.0 Å². The van der Waals surface area contributed by atoms with Crippen LogP contribution >= 0.6 is 0 Å². The molecule has 5 nitrogen and oxygen atoms in total. The molecule has 0 unspecified atom stereocenters. The van der Waals surface area contributed by atoms with E-state index in [0.717, 1.165) is 16.7 Å². The summed E-state index contributed by atoms with van der Waals surface area (Å²) in [6, 6.07) is 11.6. The molecule has 0 aromatic heterocycles. The number of nitrogens with zero attached hydrogens (tertiary/aromatic N) is 1. The van der Waals surface area contributed by atoms with Crippen LogP contribution < -0.4 is 14.9 Å². The molecule has 2 rings (SSSR count). The van der Waals surface area contributed by atoms with Gasteiger partial charge in [-0.3, -0.25) is 4.79 Å². The average molecular weight is 354 g/mol. The van der Waals surface area contributed by atoms with Crippen molar-refractivity contribution in [2.75, 3.05) is 13.2 Å². The van der Waals surface area contributed by atoms with Crippen molar-refractivity contribution in [1.82, 2.24) is 5.43 Å². The molecule has 1 N–H and O–H groups in total. The Labute approximate surface area is 155 Å². The van der Waals surface area contributed by atoms with Gasteiger partial charge >= 0.3 is 0 Å². The number of rotatable bonds is 8. The maximum absolute atomic E-state index is 12.1. The summed E-state index contributed by atoms with van der Waals surface area (Å²) in [7, 11) is 0. The number of hydrogen-bond acceptors (Lipinski definition) is 4. The Hall–Kier alpha value is -2.82. The molecule has 0 saturated carbocycles. The van der Waals surface area contributed by atoms with Crippen LogP contribution in [0.15, 0.2) is 41.5 Å². The van der Waals surface area contributed by atoms with Crippen molar-refractivity contribution in [2.45, 2.75) is 34.1 Å². The molecule has 26 heavy (non-hydrogen) atoms. The van der Waals surface area contributed by atoms with Crippen LogP contribution in [0.3, 0.4) is 0 Å². The van der Waals surface area contributed by atoms with Gasteiger partial charge in [-0.1, -0.05) is 23.8 Å². The van der Waals surface area contributed by atoms with Crippen molar-refractivity contribution in [3.05, 3.63) is 58.7 Å². The van der Waals surface area contributed by atoms with Gasteiger partial charge in [0, 0.05) is 0 Å². The lowest BCUT2D eigenvalue weighted by Crippen LogP contribution is -2.20. The van der Waals surface area contributed by atoms with Crippen molar-refractivity contribution >= 4 is 12.1 Å². The Bertz CT molecular complexity index is 785. The molecule has 0 aliphatic rings. The minimum Gasteiger partial charge on any atom is -0.490 e. The van der Waals surface area contributed by atoms with E-state index in [1.54, 1.807) is 6.21 Å². The van der Waals surface area contributed by atoms with Crippen LogP contribution in [0.5, 0.6) is 11.5 Å². The summed E-state index contributed by atoms with van der Waals surface area (Å²) >= 11 is 0. The third-order valence-electron chi connectivity index (χ3n) is 3.82. The van der Waals surface area contributed by atoms with Gasteiger partial charge in [0.25, 0.3) is 0 Å². The lowest BCUT2D eigenvalue weighted by molar-refractivity contribution is -0.120. The number of hydrazone groups is 1. The molecule has 138 valence electrons. The van der Waals surface area contributed by atoms with E-state index in [1.165, 1.54) is 5.56 Å². The second kappa shape index (κ2) is 9.61. The Balaban J connectivity index is 1.98. The third kappa shape index (κ3) is 5.62. The van der Waals surface area contributed by atoms with E-state index in [9.17, 15) is 4.79 Å². The van der Waals surface area contributed by atoms with Crippen molar-refractivity contribution in [1.29, 1.82) is 0 Å². The second-order valence-corrected chi connectivity index (χ2v) is 5.97. The fourth-order valence-electron chi connectivity index (χ4n) is 2.58. The zero-order valence-electron chi connectivity index (χ0n) is 15.8. The van der Waals surface area contributed by atoms with Crippen LogP contribution in [-0.2, 0) is 11.2 Å². The molecule has 0 spiro atoms. The van der Waals surface area contributed by atoms with Gasteiger partial charge < -0.3 is 9.47 Å². The Morgan fingerprint density at radius 2 is 1.77 bits per heavy atom. The van der Waals surface area contributed by atoms with Gasteiger partial charge in [-0.15, -0.1) is 0 Å². The maximum atomic E-state index is 12.1. The van der Waals surface area contributed by atoms with Crippen LogP contribution in [0.2, 0.25) is 0 Å². The highest BCUT2D eigenvalue weighted by Gasteiger charge is 2.07. The SMILES string of the molecule is CCOc1ccc(/C=N/NC(=O)Cc2ccc(C)cc2C)cc1OCC. The molecule has 0 atom stereocenters. The summed E-state index contributed by atoms with van der Waals surface area (Å²) < 4.78 is 11.1. The Morgan fingerprint density at radius 1 is 1.04 bits per heavy atom. The molecular formula is C21H26N2O3. The van der Waals surface area contributed by atoms with Crippen molar-refractivity contribution in [3.8, 4) is 11.5 Å². The van der Waals surface area contributed by atoms with Gasteiger partial charge in [-0.05, 0) is 62.6 Å². The molecule has 0 fully saturated rings. The number of ether oxygens (including phenoxy) is 2. The van der Waals surface area contributed by atoms with Crippen molar-refractivity contribution in [3.63, 3.8) is 0 Å². The quantitative estimate of drug-likeness (QED) is 0.579. The van der Waals surface area contributed by atoms with Crippen molar-refractivity contribution < 1.29 is 14.3 Å². The van der Waals surface area contributed by atoms with Gasteiger partial charge in [-0.2, -0.15) is 5.10 Å². The van der Waals surface area contributed by atoms with E-state index < -0.39 is 0 Å². The molecule has 0 heterocycles. The van der Waals surface area contributed by atoms with Gasteiger partial charge in [0.1, 0.15) is 0 Å². The highest BCUT2D eigenvalue weighted by atomic mass is 16.5. The highest BCUT2D eigenvalue weighted by molar-refractivity contribution is 5.84. The summed E-state index contributed by atoms with van der Waals surface area (Å²) in [6.07, 6.45) is 1.90. The number of benzene rings is 2. The Morgan fingerprint density at radius 3 is 2.46 bits per heavy atom. The summed E-state index contributed by atoms with van der Waals surface area (Å²) in [6.45, 7) is 9.01. The number of aryl methyl sites for hydroxylation is 2. The minimum absolute atomic E-state index is 0.149. The largest absolute Gasteiger partial charge is 0.490 e. The molecule has 2 aromatic rings. The average Bonchev–Trinajstić information content (AvgIpc) is 2.60. The van der Waals surface area contributed by atoms with Crippen LogP contribution in [-0.4, -0.2) is 25.3 Å². The zero-order chi connectivity index (χ0) is 18.9. The fraction of sp³-hybridized carbons (Fsp3) is 0.333. The summed E-state index contributed by atoms with van der Waals surface area (Å²) in [5.41, 5.74) is 6.69. The van der Waals surface area contributed by atoms with Gasteiger partial charge in [0.2, 0.25) is 5.91 Å². The van der Waals surface area contributed by atoms with E-state index in [-0.39, 0.29) is 5.91 Å². The topological polar surface area (TPSA) is 59.9 Å². The van der Waals surface area contributed by atoms with Gasteiger partial charge in [0.15, 0.2) is 11.5 Å². The maximum Gasteiger partial charge on any atom is 0.244 e. The molecule has 1 amide bonds. The fourth-order valence-corrected chi connectivity index (χ4v) is 2.58. The molecule has 0 saturated heterocycles. The van der Waals surface area contributed by atoms with Crippen LogP contribution in [0.1, 0.15) is 36.1 Å². The van der Waals surface area contributed by atoms with Crippen molar-refractivity contribution in [2.24, 2.45) is 5.10 Å². The number of hydrogen-bond donors (Lipinski definition) is 1. The molecule has 0 radical (unpaired) electrons. The zero-order valence-corrected chi connectivity index (χ0v) is 15.8. The summed E-state index contributed by atoms with van der Waals surface area (Å²) in [5, 5.41) is 4.04. The molecule has 0 aliphatic heterocycles. The highest BCUT2D eigenvalue weighted by Crippen LogP contribution is 2.27. The predicted octanol–water partition coefficient (Wildman–Crippen LogP) is 3.79. The first-order chi connectivity index (χ1) is 12.5. The van der Waals surface area contributed by atoms with Gasteiger partial charge in [-0.25, -0.2) is 5.43 Å². The number of carbonyl (C=O) groups excluding carboxylic acids is 1. The molecular weight excluding hydrogens is 328 g/mol. The number of carbonyl (C=O) groups is 1. The Kier molecular flexibility index (Phi) is 7.21. The lowest BCUT2D eigenvalue weighted by Gasteiger charge is -2.11. The van der Waals surface area contributed by atoms with Crippen LogP contribution in [0.25, 0.3) is 0 Å². The van der Waals surface area contributed by atoms with E-state index >= 15 is 0 Å². The summed E-state index contributed by atoms with van der Waals surface area (Å²) in [5.74, 6) is 1.22. The second-order valence-electron chi connectivity index (χ2n) is 5.97. The van der Waals surface area contributed by atoms with Crippen LogP contribution in [0, 0.1) is 13.8 Å². The third-order valence-corrected chi connectivity index (χ3v) is 3.82.